The number of hydrogen-bond donors (Lipinski definition) is 0. The smallest absolute Gasteiger partial charge is 0.293 e. The van der Waals surface area contributed by atoms with Gasteiger partial charge in [0.1, 0.15) is 11.2 Å². The van der Waals surface area contributed by atoms with Crippen molar-refractivity contribution >= 4 is 33.1 Å². The van der Waals surface area contributed by atoms with Gasteiger partial charge in [0.15, 0.2) is 5.65 Å². The summed E-state index contributed by atoms with van der Waals surface area (Å²) < 4.78 is 1.68. The summed E-state index contributed by atoms with van der Waals surface area (Å²) in [5.41, 5.74) is 2.15. The minimum atomic E-state index is -0.0768. The highest BCUT2D eigenvalue weighted by Gasteiger charge is 2.28. The molecule has 1 unspecified atom stereocenters. The van der Waals surface area contributed by atoms with E-state index in [9.17, 15) is 4.79 Å². The van der Waals surface area contributed by atoms with Gasteiger partial charge in [0, 0.05) is 31.1 Å². The molecule has 1 aliphatic carbocycles. The number of likely N-dealkylation sites (N-methyl/N-ethyl adjacent to an activating group) is 1. The predicted molar refractivity (Wildman–Crippen MR) is 101 cm³/mol. The predicted octanol–water partition coefficient (Wildman–Crippen LogP) is 2.17. The van der Waals surface area contributed by atoms with Crippen LogP contribution in [0.2, 0.25) is 0 Å². The third-order valence-electron chi connectivity index (χ3n) is 5.66. The normalized spacial score (nSPS) is 21.5. The van der Waals surface area contributed by atoms with Crippen LogP contribution in [0.3, 0.4) is 0 Å². The lowest BCUT2D eigenvalue weighted by Gasteiger charge is -2.31. The van der Waals surface area contributed by atoms with Gasteiger partial charge in [-0.3, -0.25) is 4.79 Å². The van der Waals surface area contributed by atoms with Crippen molar-refractivity contribution in [2.45, 2.75) is 32.1 Å². The number of piperazine rings is 1. The number of aryl methyl sites for hydroxylation is 1. The van der Waals surface area contributed by atoms with E-state index in [1.807, 2.05) is 4.90 Å². The van der Waals surface area contributed by atoms with Gasteiger partial charge in [0.05, 0.1) is 5.39 Å². The quantitative estimate of drug-likeness (QED) is 0.657. The van der Waals surface area contributed by atoms with Crippen LogP contribution in [0.5, 0.6) is 0 Å². The highest BCUT2D eigenvalue weighted by molar-refractivity contribution is 7.19. The molecule has 0 saturated carbocycles. The summed E-state index contributed by atoms with van der Waals surface area (Å²) in [6, 6.07) is 0. The first-order chi connectivity index (χ1) is 12.6. The van der Waals surface area contributed by atoms with Crippen LogP contribution < -0.4 is 0 Å². The second-order valence-corrected chi connectivity index (χ2v) is 8.54. The molecule has 1 aliphatic heterocycles. The van der Waals surface area contributed by atoms with Crippen LogP contribution in [0, 0.1) is 0 Å². The molecule has 7 nitrogen and oxygen atoms in total. The Bertz CT molecular complexity index is 1000. The van der Waals surface area contributed by atoms with Crippen molar-refractivity contribution in [3.63, 3.8) is 0 Å². The SMILES string of the molecule is CC1CCCc2sc3ncn4nc(C(=O)N5CCN(C)CC5)nc4c3c21. The van der Waals surface area contributed by atoms with Crippen molar-refractivity contribution in [1.82, 2.24) is 29.4 Å². The average molecular weight is 370 g/mol. The van der Waals surface area contributed by atoms with Crippen molar-refractivity contribution in [2.75, 3.05) is 33.2 Å². The monoisotopic (exact) mass is 370 g/mol. The maximum absolute atomic E-state index is 12.9. The number of fused-ring (bicyclic) bond motifs is 5. The van der Waals surface area contributed by atoms with Crippen LogP contribution in [0.1, 0.15) is 46.7 Å². The Morgan fingerprint density at radius 1 is 1.27 bits per heavy atom. The molecule has 3 aromatic rings. The molecule has 1 saturated heterocycles. The second-order valence-electron chi connectivity index (χ2n) is 7.46. The first-order valence-electron chi connectivity index (χ1n) is 9.26. The van der Waals surface area contributed by atoms with Gasteiger partial charge in [0.25, 0.3) is 5.91 Å². The van der Waals surface area contributed by atoms with Crippen LogP contribution in [-0.4, -0.2) is 68.5 Å². The molecule has 1 fully saturated rings. The van der Waals surface area contributed by atoms with Crippen molar-refractivity contribution in [2.24, 2.45) is 0 Å². The van der Waals surface area contributed by atoms with Crippen LogP contribution in [0.15, 0.2) is 6.33 Å². The molecular weight excluding hydrogens is 348 g/mol. The van der Waals surface area contributed by atoms with E-state index in [2.05, 4.69) is 33.9 Å². The maximum atomic E-state index is 12.9. The van der Waals surface area contributed by atoms with Gasteiger partial charge in [-0.05, 0) is 37.8 Å². The largest absolute Gasteiger partial charge is 0.333 e. The summed E-state index contributed by atoms with van der Waals surface area (Å²) in [4.78, 5) is 28.6. The van der Waals surface area contributed by atoms with Crippen LogP contribution in [0.25, 0.3) is 15.9 Å². The summed E-state index contributed by atoms with van der Waals surface area (Å²) in [5.74, 6) is 0.716. The fourth-order valence-electron chi connectivity index (χ4n) is 4.13. The van der Waals surface area contributed by atoms with Crippen molar-refractivity contribution in [3.05, 3.63) is 22.6 Å². The zero-order valence-electron chi connectivity index (χ0n) is 15.1. The molecule has 1 amide bonds. The van der Waals surface area contributed by atoms with E-state index in [0.29, 0.717) is 5.92 Å². The van der Waals surface area contributed by atoms with E-state index in [1.165, 1.54) is 23.3 Å². The van der Waals surface area contributed by atoms with Gasteiger partial charge >= 0.3 is 0 Å². The van der Waals surface area contributed by atoms with Gasteiger partial charge < -0.3 is 9.80 Å². The molecule has 136 valence electrons. The van der Waals surface area contributed by atoms with Gasteiger partial charge in [-0.25, -0.2) is 14.5 Å². The van der Waals surface area contributed by atoms with Crippen molar-refractivity contribution in [1.29, 1.82) is 0 Å². The number of carbonyl (C=O) groups is 1. The highest BCUT2D eigenvalue weighted by atomic mass is 32.1. The minimum Gasteiger partial charge on any atom is -0.333 e. The summed E-state index contributed by atoms with van der Waals surface area (Å²) >= 11 is 1.77. The van der Waals surface area contributed by atoms with Gasteiger partial charge in [-0.15, -0.1) is 16.4 Å². The molecule has 4 heterocycles. The Balaban J connectivity index is 1.60. The third-order valence-corrected chi connectivity index (χ3v) is 6.83. The number of hydrogen-bond acceptors (Lipinski definition) is 6. The van der Waals surface area contributed by atoms with Crippen LogP contribution in [-0.2, 0) is 6.42 Å². The molecule has 0 spiro atoms. The van der Waals surface area contributed by atoms with Gasteiger partial charge in [-0.2, -0.15) is 0 Å². The maximum Gasteiger partial charge on any atom is 0.293 e. The first kappa shape index (κ1) is 16.1. The number of nitrogens with zero attached hydrogens (tertiary/aromatic N) is 6. The second kappa shape index (κ2) is 5.99. The number of amides is 1. The van der Waals surface area contributed by atoms with Crippen molar-refractivity contribution in [3.8, 4) is 0 Å². The molecule has 0 N–H and O–H groups in total. The lowest BCUT2D eigenvalue weighted by atomic mass is 9.87. The Kier molecular flexibility index (Phi) is 3.72. The van der Waals surface area contributed by atoms with E-state index < -0.39 is 0 Å². The fourth-order valence-corrected chi connectivity index (χ4v) is 5.42. The Morgan fingerprint density at radius 3 is 2.88 bits per heavy atom. The molecule has 0 radical (unpaired) electrons. The summed E-state index contributed by atoms with van der Waals surface area (Å²) in [5, 5.41) is 5.55. The highest BCUT2D eigenvalue weighted by Crippen LogP contribution is 2.42. The van der Waals surface area contributed by atoms with E-state index in [1.54, 1.807) is 22.2 Å². The Labute approximate surface area is 155 Å². The topological polar surface area (TPSA) is 66.6 Å². The lowest BCUT2D eigenvalue weighted by molar-refractivity contribution is 0.0652. The molecule has 8 heteroatoms. The number of aromatic nitrogens is 4. The Morgan fingerprint density at radius 2 is 2.08 bits per heavy atom. The van der Waals surface area contributed by atoms with Gasteiger partial charge in [0.2, 0.25) is 5.82 Å². The fraction of sp³-hybridized carbons (Fsp3) is 0.556. The Hall–Kier alpha value is -2.06. The molecule has 1 atom stereocenters. The zero-order valence-corrected chi connectivity index (χ0v) is 15.9. The number of carbonyl (C=O) groups excluding carboxylic acids is 1. The zero-order chi connectivity index (χ0) is 17.8. The van der Waals surface area contributed by atoms with Crippen molar-refractivity contribution < 1.29 is 4.79 Å². The van der Waals surface area contributed by atoms with E-state index in [4.69, 9.17) is 0 Å². The van der Waals surface area contributed by atoms with Gasteiger partial charge in [-0.1, -0.05) is 6.92 Å². The van der Waals surface area contributed by atoms with Crippen LogP contribution >= 0.6 is 11.3 Å². The third kappa shape index (κ3) is 2.43. The van der Waals surface area contributed by atoms with E-state index in [-0.39, 0.29) is 11.7 Å². The molecule has 26 heavy (non-hydrogen) atoms. The summed E-state index contributed by atoms with van der Waals surface area (Å²) in [6.45, 7) is 5.51. The minimum absolute atomic E-state index is 0.0768. The summed E-state index contributed by atoms with van der Waals surface area (Å²) in [7, 11) is 2.08. The average Bonchev–Trinajstić information content (AvgIpc) is 3.23. The van der Waals surface area contributed by atoms with E-state index in [0.717, 1.165) is 48.5 Å². The number of thiophene rings is 1. The molecule has 0 aromatic carbocycles. The standard InChI is InChI=1S/C18H22N6OS/c1-11-4-3-5-12-13(11)14-16-20-15(21-24(16)10-19-17(14)26-12)18(25)23-8-6-22(2)7-9-23/h10-11H,3-9H2,1-2H3. The molecule has 0 bridgehead atoms. The first-order valence-corrected chi connectivity index (χ1v) is 10.1. The molecule has 5 rings (SSSR count). The molecule has 3 aromatic heterocycles. The summed E-state index contributed by atoms with van der Waals surface area (Å²) in [6.07, 6.45) is 5.24. The van der Waals surface area contributed by atoms with Crippen LogP contribution in [0.4, 0.5) is 0 Å². The van der Waals surface area contributed by atoms with E-state index >= 15 is 0 Å². The number of rotatable bonds is 1. The molecule has 2 aliphatic rings. The lowest BCUT2D eigenvalue weighted by Crippen LogP contribution is -2.47. The molecular formula is C18H22N6OS.